The molecule has 1 aliphatic rings. The van der Waals surface area contributed by atoms with E-state index in [-0.39, 0.29) is 17.0 Å². The summed E-state index contributed by atoms with van der Waals surface area (Å²) in [7, 11) is -2.06. The van der Waals surface area contributed by atoms with Crippen LogP contribution in [0, 0.1) is 11.6 Å². The summed E-state index contributed by atoms with van der Waals surface area (Å²) >= 11 is 0. The van der Waals surface area contributed by atoms with Gasteiger partial charge in [0.15, 0.2) is 0 Å². The quantitative estimate of drug-likeness (QED) is 0.711. The molecule has 0 atom stereocenters. The van der Waals surface area contributed by atoms with Crippen molar-refractivity contribution in [3.8, 4) is 5.75 Å². The van der Waals surface area contributed by atoms with Crippen molar-refractivity contribution < 1.29 is 26.7 Å². The standard InChI is InChI=1S/C20H23F2N3O4S/c1-29-16-3-5-17(6-4-16)30(27,28)25-12-10-24(11-13-25)9-8-23-20(26)18-7-2-15(21)14-19(18)22/h2-7,14H,8-13H2,1H3,(H,23,26). The maximum atomic E-state index is 13.6. The first kappa shape index (κ1) is 22.1. The van der Waals surface area contributed by atoms with Crippen molar-refractivity contribution >= 4 is 15.9 Å². The Morgan fingerprint density at radius 2 is 1.73 bits per heavy atom. The highest BCUT2D eigenvalue weighted by molar-refractivity contribution is 7.89. The lowest BCUT2D eigenvalue weighted by molar-refractivity contribution is 0.0941. The molecule has 1 aliphatic heterocycles. The molecule has 0 aromatic heterocycles. The summed E-state index contributed by atoms with van der Waals surface area (Å²) < 4.78 is 58.6. The van der Waals surface area contributed by atoms with E-state index in [1.807, 2.05) is 4.90 Å². The van der Waals surface area contributed by atoms with Crippen molar-refractivity contribution in [1.82, 2.24) is 14.5 Å². The van der Waals surface area contributed by atoms with E-state index in [1.165, 1.54) is 23.5 Å². The number of benzene rings is 2. The number of rotatable bonds is 7. The fourth-order valence-electron chi connectivity index (χ4n) is 3.19. The Balaban J connectivity index is 1.47. The topological polar surface area (TPSA) is 79.0 Å². The minimum atomic E-state index is -3.58. The van der Waals surface area contributed by atoms with Gasteiger partial charge in [-0.05, 0) is 36.4 Å². The minimum absolute atomic E-state index is 0.213. The third-order valence-corrected chi connectivity index (χ3v) is 6.83. The van der Waals surface area contributed by atoms with Crippen LogP contribution in [-0.4, -0.2) is 69.9 Å². The summed E-state index contributed by atoms with van der Waals surface area (Å²) in [6, 6.07) is 9.04. The molecule has 0 unspecified atom stereocenters. The summed E-state index contributed by atoms with van der Waals surface area (Å²) in [6.45, 7) is 2.43. The van der Waals surface area contributed by atoms with Gasteiger partial charge in [-0.25, -0.2) is 17.2 Å². The Morgan fingerprint density at radius 3 is 2.33 bits per heavy atom. The first-order valence-corrected chi connectivity index (χ1v) is 10.8. The molecule has 0 radical (unpaired) electrons. The van der Waals surface area contributed by atoms with Gasteiger partial charge < -0.3 is 10.1 Å². The maximum Gasteiger partial charge on any atom is 0.254 e. The molecule has 1 saturated heterocycles. The van der Waals surface area contributed by atoms with Crippen LogP contribution >= 0.6 is 0 Å². The van der Waals surface area contributed by atoms with Crippen LogP contribution in [0.1, 0.15) is 10.4 Å². The lowest BCUT2D eigenvalue weighted by Crippen LogP contribution is -2.50. The number of nitrogens with one attached hydrogen (secondary N) is 1. The van der Waals surface area contributed by atoms with E-state index in [4.69, 9.17) is 4.74 Å². The van der Waals surface area contributed by atoms with Crippen LogP contribution in [0.25, 0.3) is 0 Å². The number of carbonyl (C=O) groups is 1. The summed E-state index contributed by atoms with van der Waals surface area (Å²) in [4.78, 5) is 14.2. The highest BCUT2D eigenvalue weighted by Crippen LogP contribution is 2.20. The van der Waals surface area contributed by atoms with Gasteiger partial charge in [0.1, 0.15) is 17.4 Å². The lowest BCUT2D eigenvalue weighted by Gasteiger charge is -2.34. The van der Waals surface area contributed by atoms with E-state index < -0.39 is 27.6 Å². The summed E-state index contributed by atoms with van der Waals surface area (Å²) in [6.07, 6.45) is 0. The highest BCUT2D eigenvalue weighted by Gasteiger charge is 2.28. The summed E-state index contributed by atoms with van der Waals surface area (Å²) in [5, 5.41) is 2.60. The number of carbonyl (C=O) groups excluding carboxylic acids is 1. The van der Waals surface area contributed by atoms with Gasteiger partial charge >= 0.3 is 0 Å². The summed E-state index contributed by atoms with van der Waals surface area (Å²) in [5.41, 5.74) is -0.216. The van der Waals surface area contributed by atoms with Crippen LogP contribution in [-0.2, 0) is 10.0 Å². The predicted molar refractivity (Wildman–Crippen MR) is 107 cm³/mol. The van der Waals surface area contributed by atoms with Crippen molar-refractivity contribution in [3.05, 3.63) is 59.7 Å². The number of hydrogen-bond acceptors (Lipinski definition) is 5. The first-order valence-electron chi connectivity index (χ1n) is 9.41. The van der Waals surface area contributed by atoms with Crippen molar-refractivity contribution in [1.29, 1.82) is 0 Å². The average molecular weight is 439 g/mol. The monoisotopic (exact) mass is 439 g/mol. The molecular weight excluding hydrogens is 416 g/mol. The minimum Gasteiger partial charge on any atom is -0.497 e. The zero-order valence-corrected chi connectivity index (χ0v) is 17.3. The van der Waals surface area contributed by atoms with Crippen LogP contribution < -0.4 is 10.1 Å². The summed E-state index contributed by atoms with van der Waals surface area (Å²) in [5.74, 6) is -1.69. The second-order valence-electron chi connectivity index (χ2n) is 6.80. The molecule has 10 heteroatoms. The number of piperazine rings is 1. The van der Waals surface area contributed by atoms with Gasteiger partial charge in [0.05, 0.1) is 17.6 Å². The van der Waals surface area contributed by atoms with Gasteiger partial charge in [0, 0.05) is 45.3 Å². The molecule has 0 spiro atoms. The molecule has 0 bridgehead atoms. The molecule has 162 valence electrons. The number of sulfonamides is 1. The predicted octanol–water partition coefficient (Wildman–Crippen LogP) is 1.71. The fraction of sp³-hybridized carbons (Fsp3) is 0.350. The smallest absolute Gasteiger partial charge is 0.254 e. The van der Waals surface area contributed by atoms with Gasteiger partial charge in [-0.3, -0.25) is 9.69 Å². The van der Waals surface area contributed by atoms with E-state index in [0.29, 0.717) is 44.5 Å². The van der Waals surface area contributed by atoms with Crippen LogP contribution in [0.15, 0.2) is 47.4 Å². The highest BCUT2D eigenvalue weighted by atomic mass is 32.2. The molecule has 0 saturated carbocycles. The number of hydrogen-bond donors (Lipinski definition) is 1. The molecule has 3 rings (SSSR count). The third-order valence-electron chi connectivity index (χ3n) is 4.92. The van der Waals surface area contributed by atoms with Gasteiger partial charge in [-0.15, -0.1) is 0 Å². The second kappa shape index (κ2) is 9.50. The number of ether oxygens (including phenoxy) is 1. The molecule has 30 heavy (non-hydrogen) atoms. The number of amides is 1. The zero-order valence-electron chi connectivity index (χ0n) is 16.5. The number of halogens is 2. The van der Waals surface area contributed by atoms with Gasteiger partial charge in [0.25, 0.3) is 5.91 Å². The Hall–Kier alpha value is -2.56. The fourth-order valence-corrected chi connectivity index (χ4v) is 4.61. The molecule has 1 N–H and O–H groups in total. The lowest BCUT2D eigenvalue weighted by atomic mass is 10.2. The Labute approximate surface area is 174 Å². The Bertz CT molecular complexity index is 992. The van der Waals surface area contributed by atoms with E-state index in [2.05, 4.69) is 5.32 Å². The second-order valence-corrected chi connectivity index (χ2v) is 8.74. The van der Waals surface area contributed by atoms with E-state index in [0.717, 1.165) is 12.1 Å². The van der Waals surface area contributed by atoms with Crippen LogP contribution in [0.4, 0.5) is 8.78 Å². The first-order chi connectivity index (χ1) is 14.3. The number of methoxy groups -OCH3 is 1. The molecule has 2 aromatic carbocycles. The largest absolute Gasteiger partial charge is 0.497 e. The molecule has 0 aliphatic carbocycles. The normalized spacial score (nSPS) is 15.7. The SMILES string of the molecule is COc1ccc(S(=O)(=O)N2CCN(CCNC(=O)c3ccc(F)cc3F)CC2)cc1. The van der Waals surface area contributed by atoms with Crippen molar-refractivity contribution in [2.24, 2.45) is 0 Å². The van der Waals surface area contributed by atoms with Crippen molar-refractivity contribution in [2.45, 2.75) is 4.90 Å². The molecule has 1 heterocycles. The molecule has 1 amide bonds. The average Bonchev–Trinajstić information content (AvgIpc) is 2.74. The van der Waals surface area contributed by atoms with Crippen molar-refractivity contribution in [2.75, 3.05) is 46.4 Å². The molecular formula is C20H23F2N3O4S. The molecule has 7 nitrogen and oxygen atoms in total. The van der Waals surface area contributed by atoms with Crippen molar-refractivity contribution in [3.63, 3.8) is 0 Å². The Kier molecular flexibility index (Phi) is 7.01. The molecule has 2 aromatic rings. The van der Waals surface area contributed by atoms with Crippen LogP contribution in [0.5, 0.6) is 5.75 Å². The number of nitrogens with zero attached hydrogens (tertiary/aromatic N) is 2. The van der Waals surface area contributed by atoms with E-state index in [1.54, 1.807) is 12.1 Å². The third kappa shape index (κ3) is 5.13. The van der Waals surface area contributed by atoms with Crippen LogP contribution in [0.3, 0.4) is 0 Å². The van der Waals surface area contributed by atoms with E-state index in [9.17, 15) is 22.0 Å². The molecule has 1 fully saturated rings. The zero-order chi connectivity index (χ0) is 21.7. The van der Waals surface area contributed by atoms with Gasteiger partial charge in [-0.1, -0.05) is 0 Å². The van der Waals surface area contributed by atoms with Gasteiger partial charge in [-0.2, -0.15) is 4.31 Å². The maximum absolute atomic E-state index is 13.6. The Morgan fingerprint density at radius 1 is 1.07 bits per heavy atom. The van der Waals surface area contributed by atoms with Gasteiger partial charge in [0.2, 0.25) is 10.0 Å². The van der Waals surface area contributed by atoms with Crippen LogP contribution in [0.2, 0.25) is 0 Å². The van der Waals surface area contributed by atoms with E-state index >= 15 is 0 Å².